The smallest absolute Gasteiger partial charge is 0.232 e. The Morgan fingerprint density at radius 1 is 1.22 bits per heavy atom. The monoisotopic (exact) mass is 143 g/mol. The molecule has 0 N–H and O–H groups in total. The van der Waals surface area contributed by atoms with Crippen LogP contribution in [0.1, 0.15) is 0 Å². The molecule has 9 heavy (non-hydrogen) atoms. The molecule has 1 rings (SSSR count). The Morgan fingerprint density at radius 2 is 1.78 bits per heavy atom. The van der Waals surface area contributed by atoms with Gasteiger partial charge in [0.25, 0.3) is 0 Å². The van der Waals surface area contributed by atoms with Crippen molar-refractivity contribution >= 4 is 11.3 Å². The molecule has 48 valence electrons. The molecule has 1 atom stereocenters. The summed E-state index contributed by atoms with van der Waals surface area (Å²) >= 11 is -2.16. The second-order valence-electron chi connectivity index (χ2n) is 1.45. The van der Waals surface area contributed by atoms with Crippen molar-refractivity contribution in [3.8, 4) is 0 Å². The van der Waals surface area contributed by atoms with Crippen LogP contribution in [0.2, 0.25) is 0 Å². The van der Waals surface area contributed by atoms with Crippen molar-refractivity contribution in [2.75, 3.05) is 0 Å². The molecule has 0 saturated carbocycles. The van der Waals surface area contributed by atoms with Gasteiger partial charge in [-0.05, 0) is 0 Å². The minimum absolute atomic E-state index is 1.08. The van der Waals surface area contributed by atoms with Crippen molar-refractivity contribution in [3.63, 3.8) is 0 Å². The average molecular weight is 143 g/mol. The zero-order valence-corrected chi connectivity index (χ0v) is 5.38. The van der Waals surface area contributed by atoms with Crippen LogP contribution in [-0.2, 0) is 11.3 Å². The fourth-order valence-corrected chi connectivity index (χ4v) is 0.822. The third-order valence-corrected chi connectivity index (χ3v) is 1.45. The molecule has 0 radical (unpaired) electrons. The van der Waals surface area contributed by atoms with Crippen molar-refractivity contribution < 1.29 is 12.7 Å². The molecule has 1 aromatic rings. The summed E-state index contributed by atoms with van der Waals surface area (Å²) in [5, 5.41) is 0. The summed E-state index contributed by atoms with van der Waals surface area (Å²) in [6.45, 7) is 0. The van der Waals surface area contributed by atoms with E-state index in [2.05, 4.69) is 0 Å². The first kappa shape index (κ1) is 6.38. The Hall–Kier alpha value is -0.740. The van der Waals surface area contributed by atoms with E-state index in [0.717, 1.165) is 3.97 Å². The van der Waals surface area contributed by atoms with Gasteiger partial charge in [-0.3, -0.25) is 0 Å². The lowest BCUT2D eigenvalue weighted by Crippen LogP contribution is -2.35. The van der Waals surface area contributed by atoms with Crippen molar-refractivity contribution in [2.45, 2.75) is 0 Å². The van der Waals surface area contributed by atoms with Crippen LogP contribution in [0.3, 0.4) is 0 Å². The van der Waals surface area contributed by atoms with E-state index in [1.54, 1.807) is 18.2 Å². The third-order valence-electron chi connectivity index (χ3n) is 0.860. The van der Waals surface area contributed by atoms with E-state index in [1.165, 1.54) is 12.4 Å². The topological polar surface area (TPSA) is 44.0 Å². The minimum Gasteiger partial charge on any atom is -0.716 e. The second kappa shape index (κ2) is 2.70. The van der Waals surface area contributed by atoms with E-state index in [0.29, 0.717) is 0 Å². The quantitative estimate of drug-likeness (QED) is 0.397. The van der Waals surface area contributed by atoms with Crippen molar-refractivity contribution in [1.29, 1.82) is 0 Å². The summed E-state index contributed by atoms with van der Waals surface area (Å²) in [5.41, 5.74) is 0. The SMILES string of the molecule is O=S([O-])[n+]1ccccc1. The van der Waals surface area contributed by atoms with Gasteiger partial charge in [0.15, 0.2) is 12.4 Å². The number of pyridine rings is 1. The van der Waals surface area contributed by atoms with Crippen LogP contribution >= 0.6 is 0 Å². The number of hydrogen-bond donors (Lipinski definition) is 0. The normalized spacial score (nSPS) is 13.0. The third kappa shape index (κ3) is 1.58. The molecule has 0 amide bonds. The molecule has 0 saturated heterocycles. The Bertz CT molecular complexity index is 211. The number of aromatic nitrogens is 1. The first-order valence-electron chi connectivity index (χ1n) is 2.37. The molecule has 4 heteroatoms. The van der Waals surface area contributed by atoms with Crippen molar-refractivity contribution in [3.05, 3.63) is 30.6 Å². The van der Waals surface area contributed by atoms with Gasteiger partial charge >= 0.3 is 0 Å². The highest BCUT2D eigenvalue weighted by Crippen LogP contribution is 1.75. The maximum atomic E-state index is 10.2. The molecule has 1 unspecified atom stereocenters. The molecular weight excluding hydrogens is 138 g/mol. The van der Waals surface area contributed by atoms with E-state index in [-0.39, 0.29) is 0 Å². The predicted octanol–water partition coefficient (Wildman–Crippen LogP) is -0.384. The summed E-state index contributed by atoms with van der Waals surface area (Å²) in [7, 11) is 0. The van der Waals surface area contributed by atoms with Gasteiger partial charge in [0.2, 0.25) is 11.3 Å². The molecule has 0 aromatic carbocycles. The first-order valence-corrected chi connectivity index (χ1v) is 3.40. The van der Waals surface area contributed by atoms with Gasteiger partial charge in [-0.1, -0.05) is 6.07 Å². The lowest BCUT2D eigenvalue weighted by Gasteiger charge is -1.93. The lowest BCUT2D eigenvalue weighted by molar-refractivity contribution is -0.511. The van der Waals surface area contributed by atoms with Crippen LogP contribution < -0.4 is 3.97 Å². The molecule has 0 spiro atoms. The zero-order valence-electron chi connectivity index (χ0n) is 4.56. The molecule has 0 aliphatic heterocycles. The Morgan fingerprint density at radius 3 is 2.11 bits per heavy atom. The van der Waals surface area contributed by atoms with Crippen LogP contribution in [0.5, 0.6) is 0 Å². The van der Waals surface area contributed by atoms with E-state index < -0.39 is 11.3 Å². The summed E-state index contributed by atoms with van der Waals surface area (Å²) < 4.78 is 21.4. The maximum absolute atomic E-state index is 10.2. The molecule has 0 aliphatic rings. The van der Waals surface area contributed by atoms with Gasteiger partial charge in [-0.25, -0.2) is 4.21 Å². The lowest BCUT2D eigenvalue weighted by atomic mass is 10.5. The van der Waals surface area contributed by atoms with Crippen LogP contribution in [0.4, 0.5) is 0 Å². The van der Waals surface area contributed by atoms with Crippen LogP contribution in [-0.4, -0.2) is 8.76 Å². The Balaban J connectivity index is 2.98. The fraction of sp³-hybridized carbons (Fsp3) is 0. The van der Waals surface area contributed by atoms with Gasteiger partial charge in [0.05, 0.1) is 0 Å². The maximum Gasteiger partial charge on any atom is 0.232 e. The molecule has 0 bridgehead atoms. The predicted molar refractivity (Wildman–Crippen MR) is 31.0 cm³/mol. The van der Waals surface area contributed by atoms with E-state index >= 15 is 0 Å². The van der Waals surface area contributed by atoms with Gasteiger partial charge in [-0.15, -0.1) is 3.97 Å². The Labute approximate surface area is 55.4 Å². The van der Waals surface area contributed by atoms with Crippen LogP contribution in [0, 0.1) is 0 Å². The van der Waals surface area contributed by atoms with Gasteiger partial charge < -0.3 is 4.55 Å². The number of nitrogens with zero attached hydrogens (tertiary/aromatic N) is 1. The standard InChI is InChI=1S/C5H5NO2S/c7-9(8)6-4-2-1-3-5-6/h1-5H. The molecular formula is C5H5NO2S. The minimum atomic E-state index is -2.16. The zero-order chi connectivity index (χ0) is 6.69. The molecule has 0 fully saturated rings. The summed E-state index contributed by atoms with van der Waals surface area (Å²) in [6, 6.07) is 5.05. The molecule has 3 nitrogen and oxygen atoms in total. The summed E-state index contributed by atoms with van der Waals surface area (Å²) in [5.74, 6) is 0. The van der Waals surface area contributed by atoms with Crippen molar-refractivity contribution in [1.82, 2.24) is 0 Å². The second-order valence-corrected chi connectivity index (χ2v) is 2.31. The molecule has 1 heterocycles. The largest absolute Gasteiger partial charge is 0.716 e. The van der Waals surface area contributed by atoms with Gasteiger partial charge in [0.1, 0.15) is 0 Å². The first-order chi connectivity index (χ1) is 4.30. The van der Waals surface area contributed by atoms with E-state index in [4.69, 9.17) is 0 Å². The van der Waals surface area contributed by atoms with Crippen molar-refractivity contribution in [2.24, 2.45) is 0 Å². The van der Waals surface area contributed by atoms with Crippen LogP contribution in [0.25, 0.3) is 0 Å². The van der Waals surface area contributed by atoms with Gasteiger partial charge in [-0.2, -0.15) is 0 Å². The Kier molecular flexibility index (Phi) is 1.92. The number of hydrogen-bond acceptors (Lipinski definition) is 2. The highest BCUT2D eigenvalue weighted by atomic mass is 32.2. The molecule has 0 aliphatic carbocycles. The van der Waals surface area contributed by atoms with Gasteiger partial charge in [0, 0.05) is 12.1 Å². The summed E-state index contributed by atoms with van der Waals surface area (Å²) in [4.78, 5) is 0. The van der Waals surface area contributed by atoms with E-state index in [9.17, 15) is 8.76 Å². The average Bonchev–Trinajstić information content (AvgIpc) is 1.90. The van der Waals surface area contributed by atoms with Crippen LogP contribution in [0.15, 0.2) is 30.6 Å². The van der Waals surface area contributed by atoms with E-state index in [1.807, 2.05) is 0 Å². The highest BCUT2D eigenvalue weighted by molar-refractivity contribution is 7.72. The molecule has 1 aromatic heterocycles. The fourth-order valence-electron chi connectivity index (χ4n) is 0.482. The highest BCUT2D eigenvalue weighted by Gasteiger charge is 1.93. The number of rotatable bonds is 1. The summed E-state index contributed by atoms with van der Waals surface area (Å²) in [6.07, 6.45) is 2.92.